The Kier molecular flexibility index (Phi) is 4.69. The van der Waals surface area contributed by atoms with E-state index in [1.807, 2.05) is 6.26 Å². The van der Waals surface area contributed by atoms with Crippen molar-refractivity contribution in [2.75, 3.05) is 12.8 Å². The minimum Gasteiger partial charge on any atom is -0.207 e. The molecule has 0 saturated carbocycles. The van der Waals surface area contributed by atoms with Crippen LogP contribution in [0.3, 0.4) is 0 Å². The fraction of sp³-hybridized carbons (Fsp3) is 0.200. The first-order valence-corrected chi connectivity index (χ1v) is 6.93. The first-order chi connectivity index (χ1) is 7.17. The maximum atomic E-state index is 11.6. The van der Waals surface area contributed by atoms with Crippen molar-refractivity contribution in [2.45, 2.75) is 4.90 Å². The molecule has 0 radical (unpaired) electrons. The van der Waals surface area contributed by atoms with Crippen LogP contribution in [0.4, 0.5) is 0 Å². The Labute approximate surface area is 94.3 Å². The molecule has 0 aliphatic heterocycles. The van der Waals surface area contributed by atoms with Crippen molar-refractivity contribution in [3.05, 3.63) is 30.3 Å². The smallest absolute Gasteiger partial charge is 0.207 e. The van der Waals surface area contributed by atoms with Crippen LogP contribution >= 0.6 is 11.8 Å². The van der Waals surface area contributed by atoms with E-state index in [1.54, 1.807) is 30.3 Å². The highest BCUT2D eigenvalue weighted by molar-refractivity contribution is 8.03. The summed E-state index contributed by atoms with van der Waals surface area (Å²) in [5, 5.41) is 2.71. The fourth-order valence-electron chi connectivity index (χ4n) is 0.922. The van der Waals surface area contributed by atoms with Gasteiger partial charge in [0.1, 0.15) is 0 Å². The molecule has 0 aliphatic rings. The third kappa shape index (κ3) is 3.96. The summed E-state index contributed by atoms with van der Waals surface area (Å²) < 4.78 is 25.6. The molecule has 0 atom stereocenters. The number of benzene rings is 1. The molecule has 1 rings (SSSR count). The summed E-state index contributed by atoms with van der Waals surface area (Å²) in [4.78, 5) is 0.260. The Hall–Kier alpha value is -0.960. The van der Waals surface area contributed by atoms with Crippen LogP contribution in [0.15, 0.2) is 35.2 Å². The summed E-state index contributed by atoms with van der Waals surface area (Å²) >= 11 is 1.35. The molecule has 0 amide bonds. The van der Waals surface area contributed by atoms with Gasteiger partial charge in [-0.1, -0.05) is 35.9 Å². The van der Waals surface area contributed by atoms with Gasteiger partial charge in [-0.2, -0.15) is 4.72 Å². The van der Waals surface area contributed by atoms with Crippen LogP contribution in [0.25, 0.3) is 0 Å². The second-order valence-electron chi connectivity index (χ2n) is 2.62. The molecule has 0 aliphatic carbocycles. The summed E-state index contributed by atoms with van der Waals surface area (Å²) in [5.41, 5.74) is 0. The molecule has 3 nitrogen and oxygen atoms in total. The molecule has 0 spiro atoms. The lowest BCUT2D eigenvalue weighted by molar-refractivity contribution is 0.586. The highest BCUT2D eigenvalue weighted by Crippen LogP contribution is 2.06. The third-order valence-corrected chi connectivity index (χ3v) is 3.34. The molecular weight excluding hydrogens is 230 g/mol. The topological polar surface area (TPSA) is 46.2 Å². The van der Waals surface area contributed by atoms with Gasteiger partial charge >= 0.3 is 0 Å². The SMILES string of the molecule is CSC#CCNS(=O)(=O)c1ccccc1. The first kappa shape index (κ1) is 12.1. The van der Waals surface area contributed by atoms with E-state index in [0.29, 0.717) is 0 Å². The lowest BCUT2D eigenvalue weighted by Crippen LogP contribution is -2.23. The number of thioether (sulfide) groups is 1. The molecule has 1 N–H and O–H groups in total. The monoisotopic (exact) mass is 241 g/mol. The van der Waals surface area contributed by atoms with Crippen molar-refractivity contribution < 1.29 is 8.42 Å². The Morgan fingerprint density at radius 1 is 1.33 bits per heavy atom. The quantitative estimate of drug-likeness (QED) is 0.811. The zero-order valence-corrected chi connectivity index (χ0v) is 9.86. The molecule has 0 heterocycles. The molecule has 0 fully saturated rings. The molecule has 0 aromatic heterocycles. The second kappa shape index (κ2) is 5.81. The van der Waals surface area contributed by atoms with Gasteiger partial charge in [0.05, 0.1) is 11.4 Å². The summed E-state index contributed by atoms with van der Waals surface area (Å²) in [6, 6.07) is 8.23. The Balaban J connectivity index is 2.69. The summed E-state index contributed by atoms with van der Waals surface area (Å²) in [5.74, 6) is 2.68. The maximum Gasteiger partial charge on any atom is 0.241 e. The Bertz CT molecular complexity index is 457. The second-order valence-corrected chi connectivity index (χ2v) is 5.00. The number of hydrogen-bond donors (Lipinski definition) is 1. The summed E-state index contributed by atoms with van der Waals surface area (Å²) in [6.45, 7) is 0.137. The first-order valence-electron chi connectivity index (χ1n) is 4.22. The zero-order chi connectivity index (χ0) is 11.1. The predicted molar refractivity (Wildman–Crippen MR) is 62.9 cm³/mol. The molecule has 15 heavy (non-hydrogen) atoms. The highest BCUT2D eigenvalue weighted by atomic mass is 32.2. The van der Waals surface area contributed by atoms with Gasteiger partial charge in [-0.15, -0.1) is 0 Å². The van der Waals surface area contributed by atoms with Gasteiger partial charge in [-0.3, -0.25) is 0 Å². The third-order valence-electron chi connectivity index (χ3n) is 1.58. The van der Waals surface area contributed by atoms with Crippen molar-refractivity contribution >= 4 is 21.8 Å². The van der Waals surface area contributed by atoms with Crippen LogP contribution in [-0.4, -0.2) is 21.2 Å². The Morgan fingerprint density at radius 2 is 2.00 bits per heavy atom. The standard InChI is InChI=1S/C10H11NO2S2/c1-14-9-5-8-11-15(12,13)10-6-3-2-4-7-10/h2-4,6-7,11H,8H2,1H3. The van der Waals surface area contributed by atoms with E-state index in [-0.39, 0.29) is 11.4 Å². The maximum absolute atomic E-state index is 11.6. The molecule has 80 valence electrons. The van der Waals surface area contributed by atoms with Crippen molar-refractivity contribution in [3.8, 4) is 11.2 Å². The van der Waals surface area contributed by atoms with Crippen LogP contribution in [0.5, 0.6) is 0 Å². The van der Waals surface area contributed by atoms with Crippen LogP contribution in [0.2, 0.25) is 0 Å². The van der Waals surface area contributed by atoms with Gasteiger partial charge in [-0.05, 0) is 23.6 Å². The Morgan fingerprint density at radius 3 is 2.60 bits per heavy atom. The summed E-state index contributed by atoms with van der Waals surface area (Å²) in [7, 11) is -3.40. The van der Waals surface area contributed by atoms with Crippen molar-refractivity contribution in [1.82, 2.24) is 4.72 Å². The van der Waals surface area contributed by atoms with Gasteiger partial charge in [0.25, 0.3) is 0 Å². The predicted octanol–water partition coefficient (Wildman–Crippen LogP) is 1.29. The average molecular weight is 241 g/mol. The number of rotatable bonds is 3. The molecule has 1 aromatic rings. The van der Waals surface area contributed by atoms with Gasteiger partial charge in [-0.25, -0.2) is 8.42 Å². The van der Waals surface area contributed by atoms with Gasteiger partial charge in [0.2, 0.25) is 10.0 Å². The van der Waals surface area contributed by atoms with Gasteiger partial charge in [0, 0.05) is 0 Å². The lowest BCUT2D eigenvalue weighted by Gasteiger charge is -2.02. The minimum atomic E-state index is -3.40. The van der Waals surface area contributed by atoms with E-state index in [1.165, 1.54) is 11.8 Å². The van der Waals surface area contributed by atoms with E-state index < -0.39 is 10.0 Å². The lowest BCUT2D eigenvalue weighted by atomic mass is 10.4. The van der Waals surface area contributed by atoms with Crippen LogP contribution in [-0.2, 0) is 10.0 Å². The highest BCUT2D eigenvalue weighted by Gasteiger charge is 2.10. The van der Waals surface area contributed by atoms with Gasteiger partial charge in [0.15, 0.2) is 0 Å². The van der Waals surface area contributed by atoms with E-state index >= 15 is 0 Å². The van der Waals surface area contributed by atoms with Crippen molar-refractivity contribution in [2.24, 2.45) is 0 Å². The zero-order valence-electron chi connectivity index (χ0n) is 8.23. The van der Waals surface area contributed by atoms with Crippen molar-refractivity contribution in [1.29, 1.82) is 0 Å². The molecule has 0 bridgehead atoms. The van der Waals surface area contributed by atoms with E-state index in [2.05, 4.69) is 15.9 Å². The average Bonchev–Trinajstić information content (AvgIpc) is 2.26. The molecule has 5 heteroatoms. The van der Waals surface area contributed by atoms with Crippen LogP contribution < -0.4 is 4.72 Å². The fourth-order valence-corrected chi connectivity index (χ4v) is 2.08. The van der Waals surface area contributed by atoms with Crippen LogP contribution in [0.1, 0.15) is 0 Å². The van der Waals surface area contributed by atoms with Crippen molar-refractivity contribution in [3.63, 3.8) is 0 Å². The molecule has 0 unspecified atom stereocenters. The van der Waals surface area contributed by atoms with Gasteiger partial charge < -0.3 is 0 Å². The van der Waals surface area contributed by atoms with E-state index in [0.717, 1.165) is 0 Å². The molecule has 0 saturated heterocycles. The number of hydrogen-bond acceptors (Lipinski definition) is 3. The normalized spacial score (nSPS) is 10.5. The van der Waals surface area contributed by atoms with E-state index in [4.69, 9.17) is 0 Å². The molecule has 1 aromatic carbocycles. The number of nitrogens with one attached hydrogen (secondary N) is 1. The molecular formula is C10H11NO2S2. The largest absolute Gasteiger partial charge is 0.241 e. The number of sulfonamides is 1. The van der Waals surface area contributed by atoms with E-state index in [9.17, 15) is 8.42 Å². The minimum absolute atomic E-state index is 0.137. The summed E-state index contributed by atoms with van der Waals surface area (Å²) in [6.07, 6.45) is 1.83. The van der Waals surface area contributed by atoms with Crippen LogP contribution in [0, 0.1) is 11.2 Å².